The van der Waals surface area contributed by atoms with Crippen molar-refractivity contribution in [3.63, 3.8) is 0 Å². The molecule has 0 aromatic carbocycles. The molecule has 23 heavy (non-hydrogen) atoms. The Morgan fingerprint density at radius 1 is 1.26 bits per heavy atom. The van der Waals surface area contributed by atoms with Crippen LogP contribution in [0.15, 0.2) is 12.4 Å². The lowest BCUT2D eigenvalue weighted by atomic mass is 9.95. The van der Waals surface area contributed by atoms with Crippen molar-refractivity contribution in [2.75, 3.05) is 6.54 Å². The number of carboxylic acid groups (broad SMARTS) is 1. The molecule has 8 nitrogen and oxygen atoms in total. The molecule has 0 radical (unpaired) electrons. The van der Waals surface area contributed by atoms with Crippen LogP contribution in [0.5, 0.6) is 0 Å². The minimum absolute atomic E-state index is 0.0571. The topological polar surface area (TPSA) is 113 Å². The first-order chi connectivity index (χ1) is 11.0. The van der Waals surface area contributed by atoms with Gasteiger partial charge in [0.05, 0.1) is 18.2 Å². The fourth-order valence-corrected chi connectivity index (χ4v) is 2.62. The number of aromatic nitrogens is 2. The van der Waals surface area contributed by atoms with Gasteiger partial charge in [0.25, 0.3) is 5.91 Å². The highest BCUT2D eigenvalue weighted by Gasteiger charge is 2.16. The number of amides is 2. The van der Waals surface area contributed by atoms with Crippen LogP contribution >= 0.6 is 0 Å². The molecular weight excluding hydrogens is 300 g/mol. The maximum atomic E-state index is 12.0. The van der Waals surface area contributed by atoms with Crippen LogP contribution in [0, 0.1) is 0 Å². The molecule has 1 aliphatic carbocycles. The van der Waals surface area contributed by atoms with Crippen LogP contribution in [0.3, 0.4) is 0 Å². The first-order valence-electron chi connectivity index (χ1n) is 7.86. The van der Waals surface area contributed by atoms with Crippen LogP contribution in [0.1, 0.15) is 48.9 Å². The predicted octanol–water partition coefficient (Wildman–Crippen LogP) is 0.536. The van der Waals surface area contributed by atoms with Crippen molar-refractivity contribution < 1.29 is 19.5 Å². The number of rotatable bonds is 7. The van der Waals surface area contributed by atoms with Gasteiger partial charge in [-0.3, -0.25) is 19.1 Å². The Morgan fingerprint density at radius 2 is 2.00 bits per heavy atom. The van der Waals surface area contributed by atoms with Crippen molar-refractivity contribution >= 4 is 17.8 Å². The van der Waals surface area contributed by atoms with Crippen LogP contribution in [-0.2, 0) is 16.1 Å². The second-order valence-corrected chi connectivity index (χ2v) is 5.73. The Morgan fingerprint density at radius 3 is 2.70 bits per heavy atom. The minimum Gasteiger partial charge on any atom is -0.481 e. The Labute approximate surface area is 134 Å². The summed E-state index contributed by atoms with van der Waals surface area (Å²) in [6.07, 6.45) is 8.26. The van der Waals surface area contributed by atoms with E-state index in [2.05, 4.69) is 15.7 Å². The van der Waals surface area contributed by atoms with Gasteiger partial charge in [0.15, 0.2) is 0 Å². The van der Waals surface area contributed by atoms with Crippen LogP contribution in [-0.4, -0.2) is 45.3 Å². The number of carboxylic acids is 1. The molecule has 1 saturated carbocycles. The molecular formula is C15H22N4O4. The summed E-state index contributed by atoms with van der Waals surface area (Å²) in [5, 5.41) is 18.0. The molecule has 0 atom stereocenters. The van der Waals surface area contributed by atoms with E-state index >= 15 is 0 Å². The Balaban J connectivity index is 1.78. The van der Waals surface area contributed by atoms with E-state index in [0.717, 1.165) is 25.7 Å². The van der Waals surface area contributed by atoms with Crippen molar-refractivity contribution in [3.8, 4) is 0 Å². The van der Waals surface area contributed by atoms with E-state index in [1.807, 2.05) is 0 Å². The quantitative estimate of drug-likeness (QED) is 0.678. The molecule has 8 heteroatoms. The predicted molar refractivity (Wildman–Crippen MR) is 81.8 cm³/mol. The van der Waals surface area contributed by atoms with Crippen molar-refractivity contribution in [1.29, 1.82) is 0 Å². The van der Waals surface area contributed by atoms with Crippen molar-refractivity contribution in [3.05, 3.63) is 18.0 Å². The SMILES string of the molecule is O=C(O)CCNC(=O)c1cnn(CC(=O)NC2CCCCC2)c1. The first-order valence-corrected chi connectivity index (χ1v) is 7.86. The standard InChI is InChI=1S/C15H22N4O4/c20-13(18-12-4-2-1-3-5-12)10-19-9-11(8-17-19)15(23)16-7-6-14(21)22/h8-9,12H,1-7,10H2,(H,16,23)(H,18,20)(H,21,22). The third-order valence-corrected chi connectivity index (χ3v) is 3.80. The number of hydrogen-bond acceptors (Lipinski definition) is 4. The molecule has 0 aliphatic heterocycles. The Hall–Kier alpha value is -2.38. The normalized spacial score (nSPS) is 15.1. The van der Waals surface area contributed by atoms with E-state index in [-0.39, 0.29) is 31.5 Å². The average Bonchev–Trinajstić information content (AvgIpc) is 2.96. The van der Waals surface area contributed by atoms with Crippen molar-refractivity contribution in [2.45, 2.75) is 51.1 Å². The summed E-state index contributed by atoms with van der Waals surface area (Å²) >= 11 is 0. The summed E-state index contributed by atoms with van der Waals surface area (Å²) in [5.74, 6) is -1.48. The molecule has 0 bridgehead atoms. The molecule has 1 aliphatic rings. The molecule has 1 aromatic rings. The summed E-state index contributed by atoms with van der Waals surface area (Å²) in [7, 11) is 0. The van der Waals surface area contributed by atoms with Gasteiger partial charge in [-0.15, -0.1) is 0 Å². The summed E-state index contributed by atoms with van der Waals surface area (Å²) in [6, 6.07) is 0.241. The van der Waals surface area contributed by atoms with Crippen molar-refractivity contribution in [2.24, 2.45) is 0 Å². The Kier molecular flexibility index (Phi) is 6.13. The highest BCUT2D eigenvalue weighted by atomic mass is 16.4. The lowest BCUT2D eigenvalue weighted by Gasteiger charge is -2.22. The van der Waals surface area contributed by atoms with Crippen LogP contribution in [0.25, 0.3) is 0 Å². The molecule has 0 saturated heterocycles. The number of aliphatic carboxylic acids is 1. The van der Waals surface area contributed by atoms with Gasteiger partial charge in [0.2, 0.25) is 5.91 Å². The molecule has 1 aromatic heterocycles. The van der Waals surface area contributed by atoms with Gasteiger partial charge >= 0.3 is 5.97 Å². The second-order valence-electron chi connectivity index (χ2n) is 5.73. The molecule has 2 amide bonds. The highest BCUT2D eigenvalue weighted by molar-refractivity contribution is 5.93. The molecule has 1 fully saturated rings. The second kappa shape index (κ2) is 8.30. The van der Waals surface area contributed by atoms with E-state index in [1.165, 1.54) is 23.5 Å². The van der Waals surface area contributed by atoms with E-state index in [0.29, 0.717) is 5.56 Å². The maximum absolute atomic E-state index is 12.0. The number of carbonyl (C=O) groups excluding carboxylic acids is 2. The number of hydrogen-bond donors (Lipinski definition) is 3. The van der Waals surface area contributed by atoms with Crippen LogP contribution in [0.2, 0.25) is 0 Å². The van der Waals surface area contributed by atoms with Gasteiger partial charge < -0.3 is 15.7 Å². The van der Waals surface area contributed by atoms with E-state index in [4.69, 9.17) is 5.11 Å². The third kappa shape index (κ3) is 5.72. The van der Waals surface area contributed by atoms with E-state index in [1.54, 1.807) is 0 Å². The molecule has 2 rings (SSSR count). The lowest BCUT2D eigenvalue weighted by Crippen LogP contribution is -2.38. The molecule has 3 N–H and O–H groups in total. The summed E-state index contributed by atoms with van der Waals surface area (Å²) in [6.45, 7) is 0.125. The van der Waals surface area contributed by atoms with Gasteiger partial charge in [0.1, 0.15) is 6.54 Å². The lowest BCUT2D eigenvalue weighted by molar-refractivity contribution is -0.136. The van der Waals surface area contributed by atoms with Gasteiger partial charge in [0, 0.05) is 18.8 Å². The number of nitrogens with one attached hydrogen (secondary N) is 2. The van der Waals surface area contributed by atoms with Gasteiger partial charge in [-0.05, 0) is 12.8 Å². The van der Waals surface area contributed by atoms with E-state index in [9.17, 15) is 14.4 Å². The average molecular weight is 322 g/mol. The number of nitrogens with zero attached hydrogens (tertiary/aromatic N) is 2. The van der Waals surface area contributed by atoms with E-state index < -0.39 is 11.9 Å². The van der Waals surface area contributed by atoms with Crippen LogP contribution < -0.4 is 10.6 Å². The molecule has 126 valence electrons. The molecule has 1 heterocycles. The Bertz CT molecular complexity index is 564. The fourth-order valence-electron chi connectivity index (χ4n) is 2.62. The minimum atomic E-state index is -0.972. The molecule has 0 spiro atoms. The maximum Gasteiger partial charge on any atom is 0.305 e. The molecule has 0 unspecified atom stereocenters. The zero-order valence-corrected chi connectivity index (χ0v) is 13.0. The van der Waals surface area contributed by atoms with Gasteiger partial charge in [-0.1, -0.05) is 19.3 Å². The van der Waals surface area contributed by atoms with Gasteiger partial charge in [-0.25, -0.2) is 0 Å². The third-order valence-electron chi connectivity index (χ3n) is 3.80. The summed E-state index contributed by atoms with van der Waals surface area (Å²) in [5.41, 5.74) is 0.306. The zero-order chi connectivity index (χ0) is 16.7. The summed E-state index contributed by atoms with van der Waals surface area (Å²) < 4.78 is 1.41. The van der Waals surface area contributed by atoms with Gasteiger partial charge in [-0.2, -0.15) is 5.10 Å². The highest BCUT2D eigenvalue weighted by Crippen LogP contribution is 2.17. The monoisotopic (exact) mass is 322 g/mol. The smallest absolute Gasteiger partial charge is 0.305 e. The largest absolute Gasteiger partial charge is 0.481 e. The number of carbonyl (C=O) groups is 3. The first kappa shape index (κ1) is 17.0. The summed E-state index contributed by atoms with van der Waals surface area (Å²) in [4.78, 5) is 34.1. The van der Waals surface area contributed by atoms with Crippen LogP contribution in [0.4, 0.5) is 0 Å². The zero-order valence-electron chi connectivity index (χ0n) is 13.0. The van der Waals surface area contributed by atoms with Crippen molar-refractivity contribution in [1.82, 2.24) is 20.4 Å². The fraction of sp³-hybridized carbons (Fsp3) is 0.600.